The molecule has 2 N–H and O–H groups in total. The van der Waals surface area contributed by atoms with E-state index in [-0.39, 0.29) is 0 Å². The summed E-state index contributed by atoms with van der Waals surface area (Å²) in [7, 11) is 1.50. The quantitative estimate of drug-likeness (QED) is 0.696. The van der Waals surface area contributed by atoms with Crippen LogP contribution in [0.25, 0.3) is 10.8 Å². The monoisotopic (exact) mass is 187 g/mol. The van der Waals surface area contributed by atoms with Crippen LogP contribution in [-0.4, -0.2) is 13.3 Å². The van der Waals surface area contributed by atoms with Crippen molar-refractivity contribution in [2.75, 3.05) is 7.05 Å². The molecule has 0 atom stereocenters. The fourth-order valence-corrected chi connectivity index (χ4v) is 1.35. The predicted molar refractivity (Wildman–Crippen MR) is 59.4 cm³/mol. The molecule has 0 heterocycles. The van der Waals surface area contributed by atoms with Crippen molar-refractivity contribution in [3.63, 3.8) is 0 Å². The first-order valence-corrected chi connectivity index (χ1v) is 4.42. The highest BCUT2D eigenvalue weighted by molar-refractivity contribution is 5.97. The summed E-state index contributed by atoms with van der Waals surface area (Å²) in [4.78, 5) is 10.6. The molecule has 0 fully saturated rings. The molecule has 2 aromatic rings. The molecule has 0 amide bonds. The van der Waals surface area contributed by atoms with Crippen LogP contribution in [0.5, 0.6) is 0 Å². The van der Waals surface area contributed by atoms with Gasteiger partial charge < -0.3 is 5.73 Å². The van der Waals surface area contributed by atoms with Crippen LogP contribution < -0.4 is 5.73 Å². The molecule has 0 radical (unpaired) electrons. The van der Waals surface area contributed by atoms with Gasteiger partial charge in [0.25, 0.3) is 0 Å². The summed E-state index contributed by atoms with van der Waals surface area (Å²) in [6.07, 6.45) is 0.891. The van der Waals surface area contributed by atoms with Gasteiger partial charge in [0.2, 0.25) is 0 Å². The predicted octanol–water partition coefficient (Wildman–Crippen LogP) is 2.23. The van der Waals surface area contributed by atoms with E-state index < -0.39 is 0 Å². The number of carbonyl (C=O) groups is 1. The van der Waals surface area contributed by atoms with Crippen molar-refractivity contribution in [1.29, 1.82) is 0 Å². The second kappa shape index (κ2) is 5.14. The fraction of sp³-hybridized carbons (Fsp3) is 0.0833. The highest BCUT2D eigenvalue weighted by Crippen LogP contribution is 2.16. The Balaban J connectivity index is 0.000000461. The molecule has 2 heteroatoms. The minimum atomic E-state index is 0.758. The molecule has 0 saturated carbocycles. The average molecular weight is 187 g/mol. The standard InChI is InChI=1S/C11H8O.CH5N/c12-8-10-6-3-5-9-4-1-2-7-11(9)10;1-2/h1-8H;2H2,1H3. The Kier molecular flexibility index (Phi) is 3.83. The maximum Gasteiger partial charge on any atom is 0.150 e. The van der Waals surface area contributed by atoms with E-state index in [0.717, 1.165) is 22.6 Å². The second-order valence-electron chi connectivity index (χ2n) is 2.69. The molecule has 0 spiro atoms. The minimum Gasteiger partial charge on any atom is -0.333 e. The maximum absolute atomic E-state index is 10.6. The summed E-state index contributed by atoms with van der Waals surface area (Å²) in [5, 5.41) is 2.14. The van der Waals surface area contributed by atoms with Crippen molar-refractivity contribution in [2.45, 2.75) is 0 Å². The van der Waals surface area contributed by atoms with Crippen molar-refractivity contribution < 1.29 is 4.79 Å². The molecule has 2 aromatic carbocycles. The van der Waals surface area contributed by atoms with Gasteiger partial charge in [-0.05, 0) is 17.8 Å². The summed E-state index contributed by atoms with van der Waals surface area (Å²) in [5.74, 6) is 0. The van der Waals surface area contributed by atoms with E-state index >= 15 is 0 Å². The Labute approximate surface area is 83.4 Å². The van der Waals surface area contributed by atoms with Crippen LogP contribution in [0.2, 0.25) is 0 Å². The van der Waals surface area contributed by atoms with E-state index in [1.165, 1.54) is 7.05 Å². The smallest absolute Gasteiger partial charge is 0.150 e. The zero-order valence-corrected chi connectivity index (χ0v) is 8.10. The molecular weight excluding hydrogens is 174 g/mol. The number of benzene rings is 2. The number of fused-ring (bicyclic) bond motifs is 1. The number of carbonyl (C=O) groups excluding carboxylic acids is 1. The molecule has 0 aliphatic heterocycles. The molecule has 2 rings (SSSR count). The zero-order valence-electron chi connectivity index (χ0n) is 8.10. The van der Waals surface area contributed by atoms with E-state index in [0.29, 0.717) is 0 Å². The zero-order chi connectivity index (χ0) is 10.4. The van der Waals surface area contributed by atoms with Gasteiger partial charge in [0, 0.05) is 5.56 Å². The van der Waals surface area contributed by atoms with Crippen molar-refractivity contribution >= 4 is 17.1 Å². The molecule has 0 bridgehead atoms. The molecule has 0 aromatic heterocycles. The molecule has 72 valence electrons. The van der Waals surface area contributed by atoms with Gasteiger partial charge in [-0.15, -0.1) is 0 Å². The molecule has 0 aliphatic carbocycles. The van der Waals surface area contributed by atoms with Crippen molar-refractivity contribution in [3.05, 3.63) is 48.0 Å². The lowest BCUT2D eigenvalue weighted by atomic mass is 10.1. The molecule has 2 nitrogen and oxygen atoms in total. The Morgan fingerprint density at radius 2 is 1.64 bits per heavy atom. The van der Waals surface area contributed by atoms with E-state index in [2.05, 4.69) is 5.73 Å². The van der Waals surface area contributed by atoms with Gasteiger partial charge in [-0.1, -0.05) is 42.5 Å². The lowest BCUT2D eigenvalue weighted by Crippen LogP contribution is -1.81. The summed E-state index contributed by atoms with van der Waals surface area (Å²) in [6.45, 7) is 0. The number of aldehydes is 1. The van der Waals surface area contributed by atoms with Crippen LogP contribution in [-0.2, 0) is 0 Å². The molecule has 0 saturated heterocycles. The van der Waals surface area contributed by atoms with Crippen LogP contribution in [0.3, 0.4) is 0 Å². The Morgan fingerprint density at radius 1 is 1.00 bits per heavy atom. The normalized spacial score (nSPS) is 9.00. The third kappa shape index (κ3) is 1.98. The van der Waals surface area contributed by atoms with Gasteiger partial charge in [0.1, 0.15) is 0 Å². The minimum absolute atomic E-state index is 0.758. The van der Waals surface area contributed by atoms with E-state index in [9.17, 15) is 4.79 Å². The Morgan fingerprint density at radius 3 is 2.36 bits per heavy atom. The van der Waals surface area contributed by atoms with Gasteiger partial charge in [-0.2, -0.15) is 0 Å². The summed E-state index contributed by atoms with van der Waals surface area (Å²) >= 11 is 0. The number of hydrogen-bond donors (Lipinski definition) is 1. The number of nitrogens with two attached hydrogens (primary N) is 1. The summed E-state index contributed by atoms with van der Waals surface area (Å²) in [6, 6.07) is 13.6. The first kappa shape index (κ1) is 10.4. The van der Waals surface area contributed by atoms with Crippen molar-refractivity contribution in [1.82, 2.24) is 0 Å². The molecular formula is C12H13NO. The van der Waals surface area contributed by atoms with Gasteiger partial charge in [0.15, 0.2) is 6.29 Å². The maximum atomic E-state index is 10.6. The molecule has 0 aliphatic rings. The van der Waals surface area contributed by atoms with Crippen LogP contribution in [0, 0.1) is 0 Å². The average Bonchev–Trinajstić information content (AvgIpc) is 2.31. The molecule has 14 heavy (non-hydrogen) atoms. The van der Waals surface area contributed by atoms with Gasteiger partial charge >= 0.3 is 0 Å². The van der Waals surface area contributed by atoms with E-state index in [4.69, 9.17) is 0 Å². The largest absolute Gasteiger partial charge is 0.333 e. The van der Waals surface area contributed by atoms with Gasteiger partial charge in [0.05, 0.1) is 0 Å². The van der Waals surface area contributed by atoms with Crippen LogP contribution >= 0.6 is 0 Å². The lowest BCUT2D eigenvalue weighted by molar-refractivity contribution is 0.112. The summed E-state index contributed by atoms with van der Waals surface area (Å²) < 4.78 is 0. The highest BCUT2D eigenvalue weighted by atomic mass is 16.1. The molecule has 0 unspecified atom stereocenters. The van der Waals surface area contributed by atoms with Gasteiger partial charge in [-0.3, -0.25) is 4.79 Å². The summed E-state index contributed by atoms with van der Waals surface area (Å²) in [5.41, 5.74) is 5.26. The van der Waals surface area contributed by atoms with Crippen LogP contribution in [0.4, 0.5) is 0 Å². The lowest BCUT2D eigenvalue weighted by Gasteiger charge is -1.98. The van der Waals surface area contributed by atoms with E-state index in [1.54, 1.807) is 0 Å². The van der Waals surface area contributed by atoms with Gasteiger partial charge in [-0.25, -0.2) is 0 Å². The number of hydrogen-bond acceptors (Lipinski definition) is 2. The van der Waals surface area contributed by atoms with Crippen molar-refractivity contribution in [3.8, 4) is 0 Å². The number of rotatable bonds is 1. The first-order chi connectivity index (χ1) is 6.92. The van der Waals surface area contributed by atoms with E-state index in [1.807, 2.05) is 42.5 Å². The van der Waals surface area contributed by atoms with Crippen molar-refractivity contribution in [2.24, 2.45) is 5.73 Å². The third-order valence-corrected chi connectivity index (χ3v) is 1.95. The third-order valence-electron chi connectivity index (χ3n) is 1.95. The first-order valence-electron chi connectivity index (χ1n) is 4.42. The second-order valence-corrected chi connectivity index (χ2v) is 2.69. The Bertz CT molecular complexity index is 418. The Hall–Kier alpha value is -1.67. The van der Waals surface area contributed by atoms with Crippen LogP contribution in [0.1, 0.15) is 10.4 Å². The fourth-order valence-electron chi connectivity index (χ4n) is 1.35. The topological polar surface area (TPSA) is 43.1 Å². The van der Waals surface area contributed by atoms with Crippen LogP contribution in [0.15, 0.2) is 42.5 Å². The highest BCUT2D eigenvalue weighted by Gasteiger charge is 1.96. The SMILES string of the molecule is CN.O=Cc1cccc2ccccc12.